The summed E-state index contributed by atoms with van der Waals surface area (Å²) < 4.78 is 13.5. The van der Waals surface area contributed by atoms with E-state index in [1.54, 1.807) is 18.2 Å². The second-order valence-electron chi connectivity index (χ2n) is 4.38. The SMILES string of the molecule is CC(C)CCC(C(=O)O)c1ccccc1F. The van der Waals surface area contributed by atoms with E-state index < -0.39 is 17.7 Å². The Kier molecular flexibility index (Phi) is 4.47. The summed E-state index contributed by atoms with van der Waals surface area (Å²) in [7, 11) is 0. The summed E-state index contributed by atoms with van der Waals surface area (Å²) in [4.78, 5) is 11.1. The molecular formula is C13H17FO2. The molecule has 0 heterocycles. The molecule has 1 N–H and O–H groups in total. The van der Waals surface area contributed by atoms with Gasteiger partial charge in [0, 0.05) is 5.56 Å². The lowest BCUT2D eigenvalue weighted by molar-refractivity contribution is -0.139. The van der Waals surface area contributed by atoms with Crippen LogP contribution in [0.1, 0.15) is 38.2 Å². The molecule has 1 rings (SSSR count). The van der Waals surface area contributed by atoms with E-state index in [1.165, 1.54) is 6.07 Å². The first-order valence-corrected chi connectivity index (χ1v) is 5.49. The zero-order chi connectivity index (χ0) is 12.1. The Morgan fingerprint density at radius 2 is 1.94 bits per heavy atom. The Labute approximate surface area is 95.1 Å². The Hall–Kier alpha value is -1.38. The standard InChI is InChI=1S/C13H17FO2/c1-9(2)7-8-11(13(15)16)10-5-3-4-6-12(10)14/h3-6,9,11H,7-8H2,1-2H3,(H,15,16). The number of carboxylic acids is 1. The van der Waals surface area contributed by atoms with Gasteiger partial charge in [-0.2, -0.15) is 0 Å². The number of aliphatic carboxylic acids is 1. The Bertz CT molecular complexity index is 361. The molecule has 1 atom stereocenters. The smallest absolute Gasteiger partial charge is 0.311 e. The maximum absolute atomic E-state index is 13.5. The number of rotatable bonds is 5. The van der Waals surface area contributed by atoms with Crippen LogP contribution in [0.25, 0.3) is 0 Å². The molecule has 0 radical (unpaired) electrons. The average Bonchev–Trinajstić information content (AvgIpc) is 2.20. The molecule has 0 amide bonds. The van der Waals surface area contributed by atoms with Gasteiger partial charge in [0.15, 0.2) is 0 Å². The van der Waals surface area contributed by atoms with Gasteiger partial charge in [-0.15, -0.1) is 0 Å². The highest BCUT2D eigenvalue weighted by atomic mass is 19.1. The summed E-state index contributed by atoms with van der Waals surface area (Å²) in [5.74, 6) is -1.69. The lowest BCUT2D eigenvalue weighted by Gasteiger charge is -2.14. The number of carbonyl (C=O) groups is 1. The fraction of sp³-hybridized carbons (Fsp3) is 0.462. The van der Waals surface area contributed by atoms with Crippen molar-refractivity contribution in [3.05, 3.63) is 35.6 Å². The number of halogens is 1. The van der Waals surface area contributed by atoms with Crippen molar-refractivity contribution in [2.24, 2.45) is 5.92 Å². The van der Waals surface area contributed by atoms with E-state index in [1.807, 2.05) is 13.8 Å². The van der Waals surface area contributed by atoms with Crippen molar-refractivity contribution in [2.75, 3.05) is 0 Å². The van der Waals surface area contributed by atoms with Crippen molar-refractivity contribution < 1.29 is 14.3 Å². The van der Waals surface area contributed by atoms with Gasteiger partial charge in [0.05, 0.1) is 5.92 Å². The molecule has 0 aliphatic heterocycles. The molecule has 0 bridgehead atoms. The van der Waals surface area contributed by atoms with Crippen molar-refractivity contribution in [1.82, 2.24) is 0 Å². The van der Waals surface area contributed by atoms with Crippen LogP contribution < -0.4 is 0 Å². The first-order valence-electron chi connectivity index (χ1n) is 5.49. The highest BCUT2D eigenvalue weighted by Gasteiger charge is 2.22. The van der Waals surface area contributed by atoms with Crippen LogP contribution in [0.3, 0.4) is 0 Å². The molecule has 1 aromatic rings. The Morgan fingerprint density at radius 3 is 2.44 bits per heavy atom. The summed E-state index contributed by atoms with van der Waals surface area (Å²) in [6, 6.07) is 6.10. The first-order chi connectivity index (χ1) is 7.52. The van der Waals surface area contributed by atoms with Crippen molar-refractivity contribution in [1.29, 1.82) is 0 Å². The molecule has 88 valence electrons. The van der Waals surface area contributed by atoms with E-state index in [4.69, 9.17) is 5.11 Å². The Balaban J connectivity index is 2.86. The quantitative estimate of drug-likeness (QED) is 0.832. The van der Waals surface area contributed by atoms with Gasteiger partial charge in [0.2, 0.25) is 0 Å². The van der Waals surface area contributed by atoms with Crippen LogP contribution in [0.5, 0.6) is 0 Å². The maximum Gasteiger partial charge on any atom is 0.311 e. The lowest BCUT2D eigenvalue weighted by Crippen LogP contribution is -2.14. The molecule has 0 aliphatic carbocycles. The summed E-state index contributed by atoms with van der Waals surface area (Å²) in [6.45, 7) is 4.06. The molecule has 2 nitrogen and oxygen atoms in total. The van der Waals surface area contributed by atoms with Crippen LogP contribution in [0, 0.1) is 11.7 Å². The molecule has 0 saturated carbocycles. The number of benzene rings is 1. The molecular weight excluding hydrogens is 207 g/mol. The monoisotopic (exact) mass is 224 g/mol. The van der Waals surface area contributed by atoms with E-state index in [2.05, 4.69) is 0 Å². The van der Waals surface area contributed by atoms with Gasteiger partial charge in [-0.25, -0.2) is 4.39 Å². The predicted octanol–water partition coefficient (Wildman–Crippen LogP) is 3.43. The van der Waals surface area contributed by atoms with E-state index in [-0.39, 0.29) is 5.56 Å². The molecule has 16 heavy (non-hydrogen) atoms. The van der Waals surface area contributed by atoms with Crippen molar-refractivity contribution in [2.45, 2.75) is 32.6 Å². The Morgan fingerprint density at radius 1 is 1.31 bits per heavy atom. The molecule has 0 spiro atoms. The van der Waals surface area contributed by atoms with E-state index >= 15 is 0 Å². The van der Waals surface area contributed by atoms with Crippen LogP contribution in [0.4, 0.5) is 4.39 Å². The molecule has 0 fully saturated rings. The molecule has 0 aromatic heterocycles. The molecule has 0 aliphatic rings. The van der Waals surface area contributed by atoms with E-state index in [0.29, 0.717) is 12.3 Å². The third-order valence-electron chi connectivity index (χ3n) is 2.61. The lowest BCUT2D eigenvalue weighted by atomic mass is 9.91. The van der Waals surface area contributed by atoms with Gasteiger partial charge in [0.1, 0.15) is 5.82 Å². The summed E-state index contributed by atoms with van der Waals surface area (Å²) >= 11 is 0. The second-order valence-corrected chi connectivity index (χ2v) is 4.38. The van der Waals surface area contributed by atoms with Gasteiger partial charge < -0.3 is 5.11 Å². The number of carboxylic acid groups (broad SMARTS) is 1. The highest BCUT2D eigenvalue weighted by molar-refractivity contribution is 5.76. The normalized spacial score (nSPS) is 12.8. The maximum atomic E-state index is 13.5. The number of hydrogen-bond donors (Lipinski definition) is 1. The van der Waals surface area contributed by atoms with Gasteiger partial charge in [-0.3, -0.25) is 4.79 Å². The number of hydrogen-bond acceptors (Lipinski definition) is 1. The van der Waals surface area contributed by atoms with Crippen LogP contribution in [-0.2, 0) is 4.79 Å². The molecule has 3 heteroatoms. The van der Waals surface area contributed by atoms with Gasteiger partial charge in [-0.1, -0.05) is 32.0 Å². The second kappa shape index (κ2) is 5.64. The first kappa shape index (κ1) is 12.7. The highest BCUT2D eigenvalue weighted by Crippen LogP contribution is 2.25. The van der Waals surface area contributed by atoms with Crippen molar-refractivity contribution in [3.8, 4) is 0 Å². The largest absolute Gasteiger partial charge is 0.481 e. The summed E-state index contributed by atoms with van der Waals surface area (Å²) in [5, 5.41) is 9.10. The van der Waals surface area contributed by atoms with Crippen molar-refractivity contribution in [3.63, 3.8) is 0 Å². The topological polar surface area (TPSA) is 37.3 Å². The van der Waals surface area contributed by atoms with Crippen LogP contribution >= 0.6 is 0 Å². The van der Waals surface area contributed by atoms with Gasteiger partial charge in [0.25, 0.3) is 0 Å². The summed E-state index contributed by atoms with van der Waals surface area (Å²) in [6.07, 6.45) is 1.26. The molecule has 1 aromatic carbocycles. The fourth-order valence-electron chi connectivity index (χ4n) is 1.67. The molecule has 0 saturated heterocycles. The van der Waals surface area contributed by atoms with Crippen LogP contribution in [0.15, 0.2) is 24.3 Å². The van der Waals surface area contributed by atoms with Crippen LogP contribution in [-0.4, -0.2) is 11.1 Å². The summed E-state index contributed by atoms with van der Waals surface area (Å²) in [5.41, 5.74) is 0.288. The van der Waals surface area contributed by atoms with Gasteiger partial charge >= 0.3 is 5.97 Å². The fourth-order valence-corrected chi connectivity index (χ4v) is 1.67. The third-order valence-corrected chi connectivity index (χ3v) is 2.61. The minimum Gasteiger partial charge on any atom is -0.481 e. The minimum absolute atomic E-state index is 0.288. The molecule has 1 unspecified atom stereocenters. The minimum atomic E-state index is -0.953. The van der Waals surface area contributed by atoms with Crippen molar-refractivity contribution >= 4 is 5.97 Å². The predicted molar refractivity (Wildman–Crippen MR) is 60.8 cm³/mol. The zero-order valence-electron chi connectivity index (χ0n) is 9.61. The average molecular weight is 224 g/mol. The van der Waals surface area contributed by atoms with E-state index in [9.17, 15) is 9.18 Å². The van der Waals surface area contributed by atoms with Crippen LogP contribution in [0.2, 0.25) is 0 Å². The zero-order valence-corrected chi connectivity index (χ0v) is 9.61. The van der Waals surface area contributed by atoms with Gasteiger partial charge in [-0.05, 0) is 24.8 Å². The van der Waals surface area contributed by atoms with E-state index in [0.717, 1.165) is 6.42 Å². The third kappa shape index (κ3) is 3.33.